The van der Waals surface area contributed by atoms with E-state index in [-0.39, 0.29) is 19.1 Å². The maximum absolute atomic E-state index is 12.1. The van der Waals surface area contributed by atoms with Crippen LogP contribution in [0, 0.1) is 0 Å². The van der Waals surface area contributed by atoms with Crippen molar-refractivity contribution in [2.75, 3.05) is 25.4 Å². The molecule has 0 aromatic heterocycles. The summed E-state index contributed by atoms with van der Waals surface area (Å²) in [6.45, 7) is 0.173. The molecule has 1 fully saturated rings. The van der Waals surface area contributed by atoms with Crippen LogP contribution in [0.1, 0.15) is 10.4 Å². The summed E-state index contributed by atoms with van der Waals surface area (Å²) in [7, 11) is 0. The number of rotatable bonds is 7. The number of esters is 1. The lowest BCUT2D eigenvalue weighted by molar-refractivity contribution is -0.126. The first-order chi connectivity index (χ1) is 13.5. The van der Waals surface area contributed by atoms with Crippen molar-refractivity contribution in [1.82, 2.24) is 10.2 Å². The minimum atomic E-state index is -0.568. The van der Waals surface area contributed by atoms with E-state index in [0.29, 0.717) is 22.2 Å². The van der Waals surface area contributed by atoms with Crippen LogP contribution in [-0.2, 0) is 14.3 Å². The van der Waals surface area contributed by atoms with Crippen molar-refractivity contribution in [3.05, 3.63) is 60.2 Å². The molecule has 2 aromatic rings. The number of nitrogens with zero attached hydrogens (tertiary/aromatic N) is 1. The molecule has 0 radical (unpaired) electrons. The standard InChI is InChI=1S/C20H18N2O4S2/c23-17(21-10-11-22-18(24)13-28-20(22)27)12-26-19(25)16-8-6-15(7-9-16)14-4-2-1-3-5-14/h1-9H,10-13H2,(H,21,23). The quantitative estimate of drug-likeness (QED) is 0.554. The fourth-order valence-corrected chi connectivity index (χ4v) is 3.72. The lowest BCUT2D eigenvalue weighted by Crippen LogP contribution is -2.38. The zero-order chi connectivity index (χ0) is 19.9. The summed E-state index contributed by atoms with van der Waals surface area (Å²) in [5, 5.41) is 2.61. The highest BCUT2D eigenvalue weighted by Gasteiger charge is 2.25. The van der Waals surface area contributed by atoms with Gasteiger partial charge in [-0.15, -0.1) is 0 Å². The van der Waals surface area contributed by atoms with Crippen molar-refractivity contribution in [3.8, 4) is 11.1 Å². The van der Waals surface area contributed by atoms with Crippen LogP contribution in [0.2, 0.25) is 0 Å². The predicted molar refractivity (Wildman–Crippen MR) is 112 cm³/mol. The molecule has 0 saturated carbocycles. The molecule has 1 heterocycles. The van der Waals surface area contributed by atoms with E-state index in [1.165, 1.54) is 16.7 Å². The van der Waals surface area contributed by atoms with E-state index in [0.717, 1.165) is 11.1 Å². The molecule has 1 aliphatic heterocycles. The van der Waals surface area contributed by atoms with E-state index in [9.17, 15) is 14.4 Å². The molecule has 144 valence electrons. The van der Waals surface area contributed by atoms with Gasteiger partial charge in [-0.05, 0) is 23.3 Å². The summed E-state index contributed by atoms with van der Waals surface area (Å²) in [6, 6.07) is 16.8. The topological polar surface area (TPSA) is 75.7 Å². The maximum Gasteiger partial charge on any atom is 0.338 e. The Morgan fingerprint density at radius 1 is 1.07 bits per heavy atom. The molecule has 6 nitrogen and oxygen atoms in total. The number of thiocarbonyl (C=S) groups is 1. The number of thioether (sulfide) groups is 1. The molecule has 0 unspecified atom stereocenters. The zero-order valence-electron chi connectivity index (χ0n) is 14.9. The van der Waals surface area contributed by atoms with Gasteiger partial charge in [0.25, 0.3) is 5.91 Å². The Morgan fingerprint density at radius 3 is 2.39 bits per heavy atom. The van der Waals surface area contributed by atoms with Crippen LogP contribution >= 0.6 is 24.0 Å². The second-order valence-corrected chi connectivity index (χ2v) is 7.58. The summed E-state index contributed by atoms with van der Waals surface area (Å²) < 4.78 is 5.56. The first kappa shape index (κ1) is 20.0. The fourth-order valence-electron chi connectivity index (χ4n) is 2.60. The molecule has 0 atom stereocenters. The van der Waals surface area contributed by atoms with Gasteiger partial charge in [0.1, 0.15) is 4.32 Å². The van der Waals surface area contributed by atoms with Crippen molar-refractivity contribution in [3.63, 3.8) is 0 Å². The number of hydrogen-bond donors (Lipinski definition) is 1. The number of carbonyl (C=O) groups is 3. The van der Waals surface area contributed by atoms with Crippen molar-refractivity contribution in [1.29, 1.82) is 0 Å². The van der Waals surface area contributed by atoms with Crippen LogP contribution in [0.3, 0.4) is 0 Å². The van der Waals surface area contributed by atoms with Gasteiger partial charge in [-0.2, -0.15) is 0 Å². The number of hydrogen-bond acceptors (Lipinski definition) is 6. The van der Waals surface area contributed by atoms with E-state index in [1.54, 1.807) is 12.1 Å². The lowest BCUT2D eigenvalue weighted by Gasteiger charge is -2.15. The van der Waals surface area contributed by atoms with E-state index in [1.807, 2.05) is 42.5 Å². The van der Waals surface area contributed by atoms with E-state index >= 15 is 0 Å². The summed E-state index contributed by atoms with van der Waals surface area (Å²) >= 11 is 6.37. The number of ether oxygens (including phenoxy) is 1. The first-order valence-corrected chi connectivity index (χ1v) is 10.0. The summed E-state index contributed by atoms with van der Waals surface area (Å²) in [5.74, 6) is -0.718. The van der Waals surface area contributed by atoms with E-state index in [2.05, 4.69) is 5.32 Å². The Balaban J connectivity index is 1.43. The molecular weight excluding hydrogens is 396 g/mol. The lowest BCUT2D eigenvalue weighted by atomic mass is 10.0. The van der Waals surface area contributed by atoms with Crippen LogP contribution in [-0.4, -0.2) is 52.5 Å². The number of nitrogens with one attached hydrogen (secondary N) is 1. The van der Waals surface area contributed by atoms with Gasteiger partial charge >= 0.3 is 5.97 Å². The molecule has 3 rings (SSSR count). The normalized spacial score (nSPS) is 13.5. The average molecular weight is 415 g/mol. The molecule has 28 heavy (non-hydrogen) atoms. The molecule has 8 heteroatoms. The molecule has 1 aliphatic rings. The third-order valence-corrected chi connectivity index (χ3v) is 5.49. The number of amides is 2. The Kier molecular flexibility index (Phi) is 6.78. The summed E-state index contributed by atoms with van der Waals surface area (Å²) in [5.41, 5.74) is 2.41. The second kappa shape index (κ2) is 9.48. The third kappa shape index (κ3) is 5.17. The van der Waals surface area contributed by atoms with Crippen molar-refractivity contribution < 1.29 is 19.1 Å². The average Bonchev–Trinajstić information content (AvgIpc) is 3.05. The van der Waals surface area contributed by atoms with Gasteiger partial charge in [0.15, 0.2) is 6.61 Å². The Morgan fingerprint density at radius 2 is 1.75 bits per heavy atom. The van der Waals surface area contributed by atoms with Gasteiger partial charge in [0.2, 0.25) is 5.91 Å². The highest BCUT2D eigenvalue weighted by atomic mass is 32.2. The summed E-state index contributed by atoms with van der Waals surface area (Å²) in [6.07, 6.45) is 0. The highest BCUT2D eigenvalue weighted by Crippen LogP contribution is 2.20. The minimum Gasteiger partial charge on any atom is -0.452 e. The predicted octanol–water partition coefficient (Wildman–Crippen LogP) is 2.49. The first-order valence-electron chi connectivity index (χ1n) is 8.61. The molecule has 0 aliphatic carbocycles. The number of carbonyl (C=O) groups excluding carboxylic acids is 3. The zero-order valence-corrected chi connectivity index (χ0v) is 16.6. The van der Waals surface area contributed by atoms with Gasteiger partial charge in [0, 0.05) is 13.1 Å². The van der Waals surface area contributed by atoms with Crippen LogP contribution in [0.4, 0.5) is 0 Å². The highest BCUT2D eigenvalue weighted by molar-refractivity contribution is 8.23. The molecule has 2 aromatic carbocycles. The maximum atomic E-state index is 12.1. The van der Waals surface area contributed by atoms with Gasteiger partial charge < -0.3 is 10.1 Å². The summed E-state index contributed by atoms with van der Waals surface area (Å²) in [4.78, 5) is 37.0. The largest absolute Gasteiger partial charge is 0.452 e. The molecule has 0 spiro atoms. The van der Waals surface area contributed by atoms with Crippen molar-refractivity contribution in [2.24, 2.45) is 0 Å². The minimum absolute atomic E-state index is 0.0605. The molecule has 0 bridgehead atoms. The number of benzene rings is 2. The SMILES string of the molecule is O=C(COC(=O)c1ccc(-c2ccccc2)cc1)NCCN1C(=O)CSC1=S. The Bertz CT molecular complexity index is 869. The van der Waals surface area contributed by atoms with E-state index in [4.69, 9.17) is 17.0 Å². The van der Waals surface area contributed by atoms with Crippen molar-refractivity contribution in [2.45, 2.75) is 0 Å². The molecule has 2 amide bonds. The van der Waals surface area contributed by atoms with Crippen LogP contribution in [0.25, 0.3) is 11.1 Å². The van der Waals surface area contributed by atoms with Gasteiger partial charge in [-0.25, -0.2) is 4.79 Å². The van der Waals surface area contributed by atoms with Gasteiger partial charge in [0.05, 0.1) is 11.3 Å². The monoisotopic (exact) mass is 414 g/mol. The van der Waals surface area contributed by atoms with Crippen LogP contribution < -0.4 is 5.32 Å². The van der Waals surface area contributed by atoms with Crippen LogP contribution in [0.15, 0.2) is 54.6 Å². The molecule has 1 N–H and O–H groups in total. The fraction of sp³-hybridized carbons (Fsp3) is 0.200. The molecule has 1 saturated heterocycles. The molecular formula is C20H18N2O4S2. The van der Waals surface area contributed by atoms with Crippen molar-refractivity contribution >= 4 is 46.1 Å². The Hall–Kier alpha value is -2.71. The van der Waals surface area contributed by atoms with E-state index < -0.39 is 11.9 Å². The third-order valence-electron chi connectivity index (χ3n) is 4.06. The Labute approximate surface area is 172 Å². The van der Waals surface area contributed by atoms with Gasteiger partial charge in [-0.1, -0.05) is 66.4 Å². The second-order valence-electron chi connectivity index (χ2n) is 5.97. The smallest absolute Gasteiger partial charge is 0.338 e. The van der Waals surface area contributed by atoms with Gasteiger partial charge in [-0.3, -0.25) is 14.5 Å². The van der Waals surface area contributed by atoms with Crippen LogP contribution in [0.5, 0.6) is 0 Å².